The maximum Gasteiger partial charge on any atom is 0.269 e. The topological polar surface area (TPSA) is 96.5 Å². The van der Waals surface area contributed by atoms with E-state index < -0.39 is 4.92 Å². The molecule has 24 heavy (non-hydrogen) atoms. The first kappa shape index (κ1) is 14.0. The van der Waals surface area contributed by atoms with Gasteiger partial charge in [-0.1, -0.05) is 6.07 Å². The van der Waals surface area contributed by atoms with Gasteiger partial charge in [-0.05, 0) is 24.3 Å². The highest BCUT2D eigenvalue weighted by atomic mass is 16.6. The zero-order valence-corrected chi connectivity index (χ0v) is 12.4. The second-order valence-electron chi connectivity index (χ2n) is 5.23. The molecule has 0 aliphatic rings. The van der Waals surface area contributed by atoms with Crippen LogP contribution in [-0.4, -0.2) is 14.9 Å². The summed E-state index contributed by atoms with van der Waals surface area (Å²) < 4.78 is 0. The molecule has 116 valence electrons. The van der Waals surface area contributed by atoms with Crippen molar-refractivity contribution in [2.24, 2.45) is 10.2 Å². The van der Waals surface area contributed by atoms with Gasteiger partial charge in [-0.2, -0.15) is 5.11 Å². The highest BCUT2D eigenvalue weighted by Crippen LogP contribution is 2.32. The Balaban J connectivity index is 1.71. The number of aromatic amines is 1. The molecule has 0 radical (unpaired) electrons. The van der Waals surface area contributed by atoms with Crippen LogP contribution in [0.25, 0.3) is 21.7 Å². The lowest BCUT2D eigenvalue weighted by atomic mass is 10.1. The Bertz CT molecular complexity index is 1080. The average Bonchev–Trinajstić information content (AvgIpc) is 3.04. The first-order chi connectivity index (χ1) is 11.7. The van der Waals surface area contributed by atoms with E-state index in [2.05, 4.69) is 20.2 Å². The lowest BCUT2D eigenvalue weighted by molar-refractivity contribution is -0.384. The molecule has 7 heteroatoms. The third-order valence-electron chi connectivity index (χ3n) is 3.78. The van der Waals surface area contributed by atoms with Gasteiger partial charge >= 0.3 is 0 Å². The number of azo groups is 1. The Kier molecular flexibility index (Phi) is 3.24. The Morgan fingerprint density at radius 1 is 1.00 bits per heavy atom. The summed E-state index contributed by atoms with van der Waals surface area (Å²) in [5, 5.41) is 22.1. The van der Waals surface area contributed by atoms with Gasteiger partial charge in [0.15, 0.2) is 0 Å². The molecule has 2 heterocycles. The summed E-state index contributed by atoms with van der Waals surface area (Å²) >= 11 is 0. The SMILES string of the molecule is O=[N+]([O-])c1ccc(N=Nc2c[nH]c3c2ccc2cnccc23)cc1. The van der Waals surface area contributed by atoms with Gasteiger partial charge in [0, 0.05) is 46.9 Å². The van der Waals surface area contributed by atoms with Gasteiger partial charge in [-0.25, -0.2) is 0 Å². The maximum atomic E-state index is 10.7. The van der Waals surface area contributed by atoms with Crippen molar-refractivity contribution in [3.8, 4) is 0 Å². The van der Waals surface area contributed by atoms with Crippen LogP contribution in [0.15, 0.2) is 71.3 Å². The molecule has 2 aromatic carbocycles. The quantitative estimate of drug-likeness (QED) is 0.325. The predicted molar refractivity (Wildman–Crippen MR) is 90.9 cm³/mol. The number of aromatic nitrogens is 2. The molecule has 0 atom stereocenters. The van der Waals surface area contributed by atoms with Crippen LogP contribution in [0.4, 0.5) is 17.1 Å². The van der Waals surface area contributed by atoms with Crippen LogP contribution < -0.4 is 0 Å². The number of rotatable bonds is 3. The van der Waals surface area contributed by atoms with E-state index >= 15 is 0 Å². The van der Waals surface area contributed by atoms with Crippen LogP contribution in [0.2, 0.25) is 0 Å². The van der Waals surface area contributed by atoms with E-state index in [9.17, 15) is 10.1 Å². The van der Waals surface area contributed by atoms with Crippen LogP contribution in [-0.2, 0) is 0 Å². The molecular formula is C17H11N5O2. The Morgan fingerprint density at radius 2 is 1.83 bits per heavy atom. The Morgan fingerprint density at radius 3 is 2.62 bits per heavy atom. The average molecular weight is 317 g/mol. The van der Waals surface area contributed by atoms with E-state index in [1.165, 1.54) is 12.1 Å². The third kappa shape index (κ3) is 2.38. The number of H-pyrrole nitrogens is 1. The van der Waals surface area contributed by atoms with Gasteiger partial charge in [0.2, 0.25) is 0 Å². The molecule has 0 amide bonds. The summed E-state index contributed by atoms with van der Waals surface area (Å²) in [4.78, 5) is 17.5. The number of nitrogens with one attached hydrogen (secondary N) is 1. The van der Waals surface area contributed by atoms with Gasteiger partial charge in [-0.3, -0.25) is 15.1 Å². The van der Waals surface area contributed by atoms with Crippen molar-refractivity contribution in [1.82, 2.24) is 9.97 Å². The molecule has 7 nitrogen and oxygen atoms in total. The number of non-ortho nitro benzene ring substituents is 1. The Hall–Kier alpha value is -3.61. The minimum Gasteiger partial charge on any atom is -0.359 e. The highest BCUT2D eigenvalue weighted by molar-refractivity contribution is 6.08. The van der Waals surface area contributed by atoms with Gasteiger partial charge < -0.3 is 4.98 Å². The minimum atomic E-state index is -0.444. The summed E-state index contributed by atoms with van der Waals surface area (Å²) in [5.41, 5.74) is 2.27. The predicted octanol–water partition coefficient (Wildman–Crippen LogP) is 5.04. The van der Waals surface area contributed by atoms with E-state index in [4.69, 9.17) is 0 Å². The van der Waals surface area contributed by atoms with Gasteiger partial charge in [-0.15, -0.1) is 5.11 Å². The van der Waals surface area contributed by atoms with Crippen molar-refractivity contribution >= 4 is 38.7 Å². The minimum absolute atomic E-state index is 0.0288. The van der Waals surface area contributed by atoms with E-state index in [0.717, 1.165) is 21.7 Å². The number of hydrogen-bond donors (Lipinski definition) is 1. The van der Waals surface area contributed by atoms with Crippen LogP contribution in [0.5, 0.6) is 0 Å². The zero-order chi connectivity index (χ0) is 16.5. The lowest BCUT2D eigenvalue weighted by Crippen LogP contribution is -1.85. The molecule has 2 aromatic heterocycles. The van der Waals surface area contributed by atoms with Crippen molar-refractivity contribution in [2.45, 2.75) is 0 Å². The fourth-order valence-electron chi connectivity index (χ4n) is 2.59. The van der Waals surface area contributed by atoms with Crippen LogP contribution in [0.3, 0.4) is 0 Å². The summed E-state index contributed by atoms with van der Waals surface area (Å²) in [6.07, 6.45) is 5.35. The summed E-state index contributed by atoms with van der Waals surface area (Å²) in [6, 6.07) is 11.9. The molecule has 0 saturated carbocycles. The van der Waals surface area contributed by atoms with E-state index in [1.807, 2.05) is 24.4 Å². The fraction of sp³-hybridized carbons (Fsp3) is 0. The van der Waals surface area contributed by atoms with Crippen LogP contribution >= 0.6 is 0 Å². The van der Waals surface area contributed by atoms with E-state index in [0.29, 0.717) is 11.4 Å². The normalized spacial score (nSPS) is 11.5. The number of benzene rings is 2. The molecule has 0 spiro atoms. The molecule has 1 N–H and O–H groups in total. The molecule has 0 fully saturated rings. The zero-order valence-electron chi connectivity index (χ0n) is 12.4. The number of nitro groups is 1. The number of pyridine rings is 1. The van der Waals surface area contributed by atoms with Crippen molar-refractivity contribution in [3.63, 3.8) is 0 Å². The maximum absolute atomic E-state index is 10.7. The summed E-state index contributed by atoms with van der Waals surface area (Å²) in [7, 11) is 0. The summed E-state index contributed by atoms with van der Waals surface area (Å²) in [6.45, 7) is 0. The molecule has 4 aromatic rings. The van der Waals surface area contributed by atoms with Crippen LogP contribution in [0, 0.1) is 10.1 Å². The van der Waals surface area contributed by atoms with Gasteiger partial charge in [0.25, 0.3) is 5.69 Å². The van der Waals surface area contributed by atoms with Crippen molar-refractivity contribution in [2.75, 3.05) is 0 Å². The monoisotopic (exact) mass is 317 g/mol. The molecule has 0 saturated heterocycles. The van der Waals surface area contributed by atoms with Crippen molar-refractivity contribution in [3.05, 3.63) is 71.2 Å². The van der Waals surface area contributed by atoms with Gasteiger partial charge in [0.1, 0.15) is 5.69 Å². The van der Waals surface area contributed by atoms with E-state index in [-0.39, 0.29) is 5.69 Å². The first-order valence-electron chi connectivity index (χ1n) is 7.22. The summed E-state index contributed by atoms with van der Waals surface area (Å²) in [5.74, 6) is 0. The first-order valence-corrected chi connectivity index (χ1v) is 7.22. The second kappa shape index (κ2) is 5.54. The van der Waals surface area contributed by atoms with Gasteiger partial charge in [0.05, 0.1) is 16.1 Å². The van der Waals surface area contributed by atoms with Crippen molar-refractivity contribution in [1.29, 1.82) is 0 Å². The third-order valence-corrected chi connectivity index (χ3v) is 3.78. The fourth-order valence-corrected chi connectivity index (χ4v) is 2.59. The highest BCUT2D eigenvalue weighted by Gasteiger charge is 2.07. The smallest absolute Gasteiger partial charge is 0.269 e. The molecule has 0 aliphatic heterocycles. The van der Waals surface area contributed by atoms with Crippen LogP contribution in [0.1, 0.15) is 0 Å². The lowest BCUT2D eigenvalue weighted by Gasteiger charge is -1.98. The number of nitrogens with zero attached hydrogens (tertiary/aromatic N) is 4. The molecular weight excluding hydrogens is 306 g/mol. The van der Waals surface area contributed by atoms with E-state index in [1.54, 1.807) is 24.5 Å². The molecule has 0 unspecified atom stereocenters. The molecule has 0 aliphatic carbocycles. The molecule has 4 rings (SSSR count). The van der Waals surface area contributed by atoms with Crippen molar-refractivity contribution < 1.29 is 4.92 Å². The second-order valence-corrected chi connectivity index (χ2v) is 5.23. The largest absolute Gasteiger partial charge is 0.359 e. The number of hydrogen-bond acceptors (Lipinski definition) is 5. The number of fused-ring (bicyclic) bond motifs is 3. The number of nitro benzene ring substituents is 1. The molecule has 0 bridgehead atoms. The standard InChI is InChI=1S/C17H11N5O2/c23-22(24)13-4-2-12(3-5-13)20-21-16-10-19-17-14-7-8-18-9-11(14)1-6-15(16)17/h1-10,19H. The Labute approximate surface area is 135 Å².